The highest BCUT2D eigenvalue weighted by Gasteiger charge is 2.21. The average Bonchev–Trinajstić information content (AvgIpc) is 2.32. The number of hydrogen-bond donors (Lipinski definition) is 3. The van der Waals surface area contributed by atoms with Crippen LogP contribution < -0.4 is 16.1 Å². The smallest absolute Gasteiger partial charge is 0.271 e. The number of pyridine rings is 1. The molecule has 7 nitrogen and oxygen atoms in total. The Balaban J connectivity index is 3.53. The van der Waals surface area contributed by atoms with Crippen molar-refractivity contribution in [1.82, 2.24) is 15.2 Å². The first-order valence-corrected chi connectivity index (χ1v) is 4.80. The van der Waals surface area contributed by atoms with Crippen molar-refractivity contribution in [2.75, 3.05) is 14.1 Å². The van der Waals surface area contributed by atoms with Crippen LogP contribution in [0, 0.1) is 0 Å². The minimum Gasteiger partial charge on any atom is -0.503 e. The molecule has 0 aromatic carbocycles. The molecule has 2 amide bonds. The van der Waals surface area contributed by atoms with Gasteiger partial charge in [-0.05, 0) is 0 Å². The second kappa shape index (κ2) is 4.69. The van der Waals surface area contributed by atoms with Crippen LogP contribution >= 0.6 is 0 Å². The van der Waals surface area contributed by atoms with Gasteiger partial charge in [0, 0.05) is 27.3 Å². The fourth-order valence-electron chi connectivity index (χ4n) is 1.40. The third kappa shape index (κ3) is 2.12. The molecule has 0 fully saturated rings. The van der Waals surface area contributed by atoms with Gasteiger partial charge >= 0.3 is 0 Å². The summed E-state index contributed by atoms with van der Waals surface area (Å²) in [6, 6.07) is 0. The van der Waals surface area contributed by atoms with Gasteiger partial charge in [0.2, 0.25) is 5.43 Å². The fourth-order valence-corrected chi connectivity index (χ4v) is 1.40. The zero-order valence-corrected chi connectivity index (χ0v) is 9.70. The predicted octanol–water partition coefficient (Wildman–Crippen LogP) is -1.19. The van der Waals surface area contributed by atoms with Crippen LogP contribution in [0.4, 0.5) is 0 Å². The van der Waals surface area contributed by atoms with E-state index in [0.717, 1.165) is 0 Å². The summed E-state index contributed by atoms with van der Waals surface area (Å²) in [5.74, 6) is -1.97. The van der Waals surface area contributed by atoms with E-state index in [4.69, 9.17) is 0 Å². The molecule has 3 N–H and O–H groups in total. The maximum absolute atomic E-state index is 11.7. The van der Waals surface area contributed by atoms with Gasteiger partial charge < -0.3 is 20.3 Å². The minimum absolute atomic E-state index is 0.190. The van der Waals surface area contributed by atoms with Gasteiger partial charge in [-0.25, -0.2) is 0 Å². The first-order valence-electron chi connectivity index (χ1n) is 4.80. The Hall–Kier alpha value is -2.31. The molecule has 0 aliphatic heterocycles. The summed E-state index contributed by atoms with van der Waals surface area (Å²) < 4.78 is 1.22. The van der Waals surface area contributed by atoms with E-state index in [1.807, 2.05) is 0 Å². The zero-order valence-electron chi connectivity index (χ0n) is 9.70. The summed E-state index contributed by atoms with van der Waals surface area (Å²) in [6.45, 7) is 0. The lowest BCUT2D eigenvalue weighted by Gasteiger charge is -2.10. The number of aryl methyl sites for hydroxylation is 1. The maximum Gasteiger partial charge on any atom is 0.271 e. The molecule has 0 atom stereocenters. The Labute approximate surface area is 97.1 Å². The number of hydrogen-bond acceptors (Lipinski definition) is 4. The van der Waals surface area contributed by atoms with Crippen molar-refractivity contribution in [2.24, 2.45) is 7.05 Å². The lowest BCUT2D eigenvalue weighted by molar-refractivity contribution is 0.0939. The molecule has 1 aromatic rings. The standard InChI is InChI=1S/C10H13N3O4/c1-11-9(16)5-4-13(3)6(10(17)12-2)8(15)7(5)14/h4,15H,1-3H3,(H,11,16)(H,12,17). The highest BCUT2D eigenvalue weighted by atomic mass is 16.3. The molecule has 0 saturated heterocycles. The molecular formula is C10H13N3O4. The Morgan fingerprint density at radius 3 is 2.24 bits per heavy atom. The van der Waals surface area contributed by atoms with Crippen LogP contribution in [-0.4, -0.2) is 35.6 Å². The van der Waals surface area contributed by atoms with Crippen molar-refractivity contribution in [3.63, 3.8) is 0 Å². The predicted molar refractivity (Wildman–Crippen MR) is 60.1 cm³/mol. The van der Waals surface area contributed by atoms with Gasteiger partial charge in [-0.15, -0.1) is 0 Å². The van der Waals surface area contributed by atoms with Gasteiger partial charge in [-0.3, -0.25) is 14.4 Å². The van der Waals surface area contributed by atoms with Crippen LogP contribution in [0.15, 0.2) is 11.0 Å². The number of aromatic nitrogens is 1. The van der Waals surface area contributed by atoms with Gasteiger partial charge in [-0.1, -0.05) is 0 Å². The monoisotopic (exact) mass is 239 g/mol. The van der Waals surface area contributed by atoms with Crippen molar-refractivity contribution in [2.45, 2.75) is 0 Å². The van der Waals surface area contributed by atoms with E-state index < -0.39 is 23.0 Å². The summed E-state index contributed by atoms with van der Waals surface area (Å²) in [4.78, 5) is 34.4. The summed E-state index contributed by atoms with van der Waals surface area (Å²) in [5.41, 5.74) is -1.29. The molecule has 0 saturated carbocycles. The number of amides is 2. The van der Waals surface area contributed by atoms with Crippen LogP contribution in [0.1, 0.15) is 20.8 Å². The zero-order chi connectivity index (χ0) is 13.2. The number of carbonyl (C=O) groups excluding carboxylic acids is 2. The first kappa shape index (κ1) is 12.8. The number of carbonyl (C=O) groups is 2. The molecule has 0 unspecified atom stereocenters. The Bertz CT molecular complexity index is 533. The van der Waals surface area contributed by atoms with Gasteiger partial charge in [0.25, 0.3) is 11.8 Å². The van der Waals surface area contributed by atoms with Crippen molar-refractivity contribution in [1.29, 1.82) is 0 Å². The first-order chi connectivity index (χ1) is 7.93. The molecule has 0 aliphatic rings. The number of rotatable bonds is 2. The number of aromatic hydroxyl groups is 1. The second-order valence-electron chi connectivity index (χ2n) is 3.34. The molecule has 1 aromatic heterocycles. The van der Waals surface area contributed by atoms with E-state index in [-0.39, 0.29) is 11.3 Å². The number of nitrogens with zero attached hydrogens (tertiary/aromatic N) is 1. The topological polar surface area (TPSA) is 100 Å². The summed E-state index contributed by atoms with van der Waals surface area (Å²) in [5, 5.41) is 14.2. The minimum atomic E-state index is -0.874. The highest BCUT2D eigenvalue weighted by Crippen LogP contribution is 2.12. The second-order valence-corrected chi connectivity index (χ2v) is 3.34. The van der Waals surface area contributed by atoms with Gasteiger partial charge in [0.05, 0.1) is 0 Å². The van der Waals surface area contributed by atoms with Crippen LogP contribution in [0.2, 0.25) is 0 Å². The highest BCUT2D eigenvalue weighted by molar-refractivity contribution is 5.98. The summed E-state index contributed by atoms with van der Waals surface area (Å²) in [7, 11) is 4.20. The van der Waals surface area contributed by atoms with E-state index in [2.05, 4.69) is 10.6 Å². The van der Waals surface area contributed by atoms with Crippen molar-refractivity contribution in [3.8, 4) is 5.75 Å². The molecule has 7 heteroatoms. The third-order valence-electron chi connectivity index (χ3n) is 2.27. The van der Waals surface area contributed by atoms with E-state index in [0.29, 0.717) is 0 Å². The quantitative estimate of drug-likeness (QED) is 0.604. The normalized spacial score (nSPS) is 9.82. The van der Waals surface area contributed by atoms with E-state index in [1.165, 1.54) is 31.9 Å². The van der Waals surface area contributed by atoms with Crippen molar-refractivity contribution >= 4 is 11.8 Å². The molecule has 17 heavy (non-hydrogen) atoms. The molecule has 0 radical (unpaired) electrons. The molecule has 0 spiro atoms. The van der Waals surface area contributed by atoms with Crippen molar-refractivity contribution in [3.05, 3.63) is 27.7 Å². The van der Waals surface area contributed by atoms with Gasteiger partial charge in [0.15, 0.2) is 11.4 Å². The largest absolute Gasteiger partial charge is 0.503 e. The Morgan fingerprint density at radius 1 is 1.24 bits per heavy atom. The molecule has 1 heterocycles. The van der Waals surface area contributed by atoms with Crippen LogP contribution in [-0.2, 0) is 7.05 Å². The number of nitrogens with one attached hydrogen (secondary N) is 2. The van der Waals surface area contributed by atoms with E-state index >= 15 is 0 Å². The van der Waals surface area contributed by atoms with Crippen LogP contribution in [0.3, 0.4) is 0 Å². The molecule has 92 valence electrons. The van der Waals surface area contributed by atoms with Crippen LogP contribution in [0.25, 0.3) is 0 Å². The van der Waals surface area contributed by atoms with Crippen LogP contribution in [0.5, 0.6) is 5.75 Å². The van der Waals surface area contributed by atoms with Gasteiger partial charge in [0.1, 0.15) is 5.56 Å². The van der Waals surface area contributed by atoms with E-state index in [9.17, 15) is 19.5 Å². The Morgan fingerprint density at radius 2 is 1.76 bits per heavy atom. The Kier molecular flexibility index (Phi) is 3.52. The SMILES string of the molecule is CNC(=O)c1cn(C)c(C(=O)NC)c(O)c1=O. The maximum atomic E-state index is 11.7. The average molecular weight is 239 g/mol. The third-order valence-corrected chi connectivity index (χ3v) is 2.27. The summed E-state index contributed by atoms with van der Waals surface area (Å²) >= 11 is 0. The van der Waals surface area contributed by atoms with Crippen molar-refractivity contribution < 1.29 is 14.7 Å². The molecule has 0 aliphatic carbocycles. The lowest BCUT2D eigenvalue weighted by atomic mass is 10.2. The van der Waals surface area contributed by atoms with Gasteiger partial charge in [-0.2, -0.15) is 0 Å². The summed E-state index contributed by atoms with van der Waals surface area (Å²) in [6.07, 6.45) is 1.20. The van der Waals surface area contributed by atoms with E-state index in [1.54, 1.807) is 0 Å². The molecular weight excluding hydrogens is 226 g/mol. The fraction of sp³-hybridized carbons (Fsp3) is 0.300. The molecule has 0 bridgehead atoms. The molecule has 1 rings (SSSR count). The lowest BCUT2D eigenvalue weighted by Crippen LogP contribution is -2.30.